The van der Waals surface area contributed by atoms with Crippen molar-refractivity contribution in [2.24, 2.45) is 0 Å². The molecule has 22 heavy (non-hydrogen) atoms. The molecule has 0 saturated carbocycles. The van der Waals surface area contributed by atoms with Gasteiger partial charge in [0.05, 0.1) is 0 Å². The topological polar surface area (TPSA) is 67.5 Å². The van der Waals surface area contributed by atoms with Crippen molar-refractivity contribution in [1.29, 1.82) is 0 Å². The monoisotopic (exact) mass is 294 g/mol. The molecule has 0 spiro atoms. The molecule has 0 atom stereocenters. The highest BCUT2D eigenvalue weighted by atomic mass is 16.4. The highest BCUT2D eigenvalue weighted by molar-refractivity contribution is 6.17. The number of aromatic hydroxyl groups is 1. The number of rotatable bonds is 2. The predicted molar refractivity (Wildman–Crippen MR) is 83.5 cm³/mol. The van der Waals surface area contributed by atoms with Crippen LogP contribution in [0.15, 0.2) is 51.7 Å². The van der Waals surface area contributed by atoms with Crippen LogP contribution in [-0.2, 0) is 0 Å². The van der Waals surface area contributed by atoms with E-state index in [0.717, 1.165) is 5.56 Å². The van der Waals surface area contributed by atoms with Crippen molar-refractivity contribution in [3.63, 3.8) is 0 Å². The Kier molecular flexibility index (Phi) is 3.29. The first-order valence-corrected chi connectivity index (χ1v) is 6.86. The maximum atomic E-state index is 12.7. The Labute approximate surface area is 126 Å². The summed E-state index contributed by atoms with van der Waals surface area (Å²) in [4.78, 5) is 24.6. The number of carbonyl (C=O) groups excluding carboxylic acids is 1. The van der Waals surface area contributed by atoms with Crippen LogP contribution in [-0.4, -0.2) is 10.9 Å². The summed E-state index contributed by atoms with van der Waals surface area (Å²) in [5.41, 5.74) is 1.31. The summed E-state index contributed by atoms with van der Waals surface area (Å²) in [5, 5.41) is 10.8. The van der Waals surface area contributed by atoms with Crippen LogP contribution in [0.2, 0.25) is 0 Å². The van der Waals surface area contributed by atoms with E-state index in [1.54, 1.807) is 50.2 Å². The molecule has 0 unspecified atom stereocenters. The van der Waals surface area contributed by atoms with Gasteiger partial charge in [-0.15, -0.1) is 0 Å². The molecule has 3 aromatic rings. The number of aryl methyl sites for hydroxylation is 1. The van der Waals surface area contributed by atoms with Crippen LogP contribution in [0.3, 0.4) is 0 Å². The lowest BCUT2D eigenvalue weighted by Gasteiger charge is -2.10. The standard InChI is InChI=1S/C18H14O4/c1-10-11(2)18(21)22-17-13(10)8-9-14(19)15(17)16(20)12-6-4-3-5-7-12/h3-9,19H,1-2H3. The van der Waals surface area contributed by atoms with E-state index >= 15 is 0 Å². The quantitative estimate of drug-likeness (QED) is 0.581. The van der Waals surface area contributed by atoms with Crippen molar-refractivity contribution < 1.29 is 14.3 Å². The van der Waals surface area contributed by atoms with Gasteiger partial charge in [-0.25, -0.2) is 4.79 Å². The van der Waals surface area contributed by atoms with E-state index in [2.05, 4.69) is 0 Å². The van der Waals surface area contributed by atoms with Gasteiger partial charge in [0.2, 0.25) is 5.78 Å². The van der Waals surface area contributed by atoms with Crippen LogP contribution in [0, 0.1) is 13.8 Å². The average molecular weight is 294 g/mol. The van der Waals surface area contributed by atoms with E-state index < -0.39 is 5.63 Å². The fourth-order valence-corrected chi connectivity index (χ4v) is 2.45. The Hall–Kier alpha value is -2.88. The fourth-order valence-electron chi connectivity index (χ4n) is 2.45. The summed E-state index contributed by atoms with van der Waals surface area (Å²) in [6.07, 6.45) is 0. The van der Waals surface area contributed by atoms with Crippen LogP contribution < -0.4 is 5.63 Å². The van der Waals surface area contributed by atoms with E-state index in [0.29, 0.717) is 16.5 Å². The van der Waals surface area contributed by atoms with Gasteiger partial charge in [0.25, 0.3) is 0 Å². The van der Waals surface area contributed by atoms with Gasteiger partial charge in [-0.2, -0.15) is 0 Å². The number of hydrogen-bond donors (Lipinski definition) is 1. The second-order valence-electron chi connectivity index (χ2n) is 5.17. The highest BCUT2D eigenvalue weighted by Gasteiger charge is 2.21. The molecule has 1 aromatic heterocycles. The second-order valence-corrected chi connectivity index (χ2v) is 5.17. The van der Waals surface area contributed by atoms with Crippen LogP contribution in [0.5, 0.6) is 5.75 Å². The first-order valence-electron chi connectivity index (χ1n) is 6.86. The molecular weight excluding hydrogens is 280 g/mol. The number of phenols is 1. The SMILES string of the molecule is Cc1c(C)c2ccc(O)c(C(=O)c3ccccc3)c2oc1=O. The third-order valence-corrected chi connectivity index (χ3v) is 3.87. The molecule has 1 heterocycles. The third kappa shape index (κ3) is 2.09. The molecule has 0 fully saturated rings. The zero-order valence-electron chi connectivity index (χ0n) is 12.2. The van der Waals surface area contributed by atoms with Crippen molar-refractivity contribution >= 4 is 16.8 Å². The summed E-state index contributed by atoms with van der Waals surface area (Å²) in [6, 6.07) is 11.7. The molecule has 1 N–H and O–H groups in total. The Balaban J connectivity index is 2.37. The molecular formula is C18H14O4. The van der Waals surface area contributed by atoms with E-state index in [9.17, 15) is 14.7 Å². The summed E-state index contributed by atoms with van der Waals surface area (Å²) in [6.45, 7) is 3.47. The first kappa shape index (κ1) is 14.1. The number of carbonyl (C=O) groups is 1. The van der Waals surface area contributed by atoms with Crippen molar-refractivity contribution in [2.75, 3.05) is 0 Å². The zero-order chi connectivity index (χ0) is 15.9. The van der Waals surface area contributed by atoms with Gasteiger partial charge >= 0.3 is 5.63 Å². The van der Waals surface area contributed by atoms with Gasteiger partial charge in [0, 0.05) is 16.5 Å². The molecule has 0 aliphatic carbocycles. The van der Waals surface area contributed by atoms with E-state index in [1.807, 2.05) is 0 Å². The molecule has 4 heteroatoms. The van der Waals surface area contributed by atoms with E-state index in [1.165, 1.54) is 6.07 Å². The van der Waals surface area contributed by atoms with Crippen molar-refractivity contribution in [2.45, 2.75) is 13.8 Å². The number of ketones is 1. The Bertz CT molecular complexity index is 937. The maximum absolute atomic E-state index is 12.7. The lowest BCUT2D eigenvalue weighted by molar-refractivity contribution is 0.103. The molecule has 4 nitrogen and oxygen atoms in total. The molecule has 110 valence electrons. The number of fused-ring (bicyclic) bond motifs is 1. The summed E-state index contributed by atoms with van der Waals surface area (Å²) in [5.74, 6) is -0.581. The Morgan fingerprint density at radius 3 is 2.36 bits per heavy atom. The largest absolute Gasteiger partial charge is 0.507 e. The van der Waals surface area contributed by atoms with Crippen molar-refractivity contribution in [1.82, 2.24) is 0 Å². The van der Waals surface area contributed by atoms with Crippen LogP contribution in [0.25, 0.3) is 11.0 Å². The molecule has 0 aliphatic rings. The molecule has 0 aliphatic heterocycles. The lowest BCUT2D eigenvalue weighted by atomic mass is 9.97. The lowest BCUT2D eigenvalue weighted by Crippen LogP contribution is -2.09. The molecule has 3 rings (SSSR count). The summed E-state index contributed by atoms with van der Waals surface area (Å²) in [7, 11) is 0. The fraction of sp³-hybridized carbons (Fsp3) is 0.111. The van der Waals surface area contributed by atoms with Gasteiger partial charge < -0.3 is 9.52 Å². The molecule has 0 bridgehead atoms. The summed E-state index contributed by atoms with van der Waals surface area (Å²) < 4.78 is 5.29. The van der Waals surface area contributed by atoms with Crippen molar-refractivity contribution in [3.8, 4) is 5.75 Å². The molecule has 0 saturated heterocycles. The molecule has 2 aromatic carbocycles. The van der Waals surface area contributed by atoms with Gasteiger partial charge in [-0.1, -0.05) is 30.3 Å². The molecule has 0 radical (unpaired) electrons. The minimum Gasteiger partial charge on any atom is -0.507 e. The average Bonchev–Trinajstić information content (AvgIpc) is 2.53. The minimum atomic E-state index is -0.502. The van der Waals surface area contributed by atoms with E-state index in [4.69, 9.17) is 4.42 Å². The molecule has 0 amide bonds. The van der Waals surface area contributed by atoms with Crippen LogP contribution in [0.4, 0.5) is 0 Å². The second kappa shape index (κ2) is 5.15. The van der Waals surface area contributed by atoms with Gasteiger partial charge in [0.15, 0.2) is 5.58 Å². The van der Waals surface area contributed by atoms with Gasteiger partial charge in [0.1, 0.15) is 11.3 Å². The number of benzene rings is 2. The Morgan fingerprint density at radius 1 is 1.00 bits per heavy atom. The Morgan fingerprint density at radius 2 is 1.68 bits per heavy atom. The highest BCUT2D eigenvalue weighted by Crippen LogP contribution is 2.31. The number of hydrogen-bond acceptors (Lipinski definition) is 4. The predicted octanol–water partition coefficient (Wildman–Crippen LogP) is 3.35. The number of phenolic OH excluding ortho intramolecular Hbond substituents is 1. The van der Waals surface area contributed by atoms with Crippen molar-refractivity contribution in [3.05, 3.63) is 75.1 Å². The van der Waals surface area contributed by atoms with Crippen LogP contribution >= 0.6 is 0 Å². The third-order valence-electron chi connectivity index (χ3n) is 3.87. The van der Waals surface area contributed by atoms with E-state index in [-0.39, 0.29) is 22.7 Å². The first-order chi connectivity index (χ1) is 10.5. The zero-order valence-corrected chi connectivity index (χ0v) is 12.2. The smallest absolute Gasteiger partial charge is 0.339 e. The normalized spacial score (nSPS) is 10.8. The minimum absolute atomic E-state index is 0.0175. The maximum Gasteiger partial charge on any atom is 0.339 e. The van der Waals surface area contributed by atoms with Crippen LogP contribution in [0.1, 0.15) is 27.0 Å². The van der Waals surface area contributed by atoms with Gasteiger partial charge in [-0.05, 0) is 31.5 Å². The summed E-state index contributed by atoms with van der Waals surface area (Å²) >= 11 is 0. The van der Waals surface area contributed by atoms with Gasteiger partial charge in [-0.3, -0.25) is 4.79 Å².